The van der Waals surface area contributed by atoms with Crippen LogP contribution in [0.5, 0.6) is 0 Å². The van der Waals surface area contributed by atoms with Gasteiger partial charge in [0.1, 0.15) is 6.04 Å². The minimum Gasteiger partial charge on any atom is -0.387 e. The molecule has 9 nitrogen and oxygen atoms in total. The maximum atomic E-state index is 13.0. The highest BCUT2D eigenvalue weighted by Crippen LogP contribution is 2.30. The van der Waals surface area contributed by atoms with Gasteiger partial charge in [0.05, 0.1) is 16.7 Å². The van der Waals surface area contributed by atoms with Crippen molar-refractivity contribution < 1.29 is 24.3 Å². The van der Waals surface area contributed by atoms with E-state index in [1.54, 1.807) is 18.2 Å². The molecule has 1 aromatic carbocycles. The van der Waals surface area contributed by atoms with E-state index in [2.05, 4.69) is 16.0 Å². The second-order valence-electron chi connectivity index (χ2n) is 7.90. The molecule has 9 heteroatoms. The molecule has 0 spiro atoms. The molecule has 2 atom stereocenters. The van der Waals surface area contributed by atoms with Gasteiger partial charge in [-0.3, -0.25) is 29.4 Å². The second-order valence-corrected chi connectivity index (χ2v) is 7.90. The Morgan fingerprint density at radius 1 is 1.21 bits per heavy atom. The molecule has 3 aliphatic heterocycles. The van der Waals surface area contributed by atoms with Crippen molar-refractivity contribution in [3.05, 3.63) is 34.9 Å². The summed E-state index contributed by atoms with van der Waals surface area (Å²) in [7, 11) is 0. The third-order valence-corrected chi connectivity index (χ3v) is 5.77. The molecule has 4 rings (SSSR count). The molecule has 3 heterocycles. The first kappa shape index (κ1) is 19.7. The third-order valence-electron chi connectivity index (χ3n) is 5.77. The highest BCUT2D eigenvalue weighted by molar-refractivity contribution is 6.24. The van der Waals surface area contributed by atoms with Gasteiger partial charge in [-0.05, 0) is 37.4 Å². The van der Waals surface area contributed by atoms with E-state index in [0.717, 1.165) is 17.9 Å². The Hall–Kier alpha value is -2.62. The van der Waals surface area contributed by atoms with Crippen LogP contribution in [0.2, 0.25) is 0 Å². The number of carbonyl (C=O) groups excluding carboxylic acids is 4. The minimum absolute atomic E-state index is 0.0881. The van der Waals surface area contributed by atoms with Crippen LogP contribution in [0.25, 0.3) is 0 Å². The number of benzene rings is 1. The first-order chi connectivity index (χ1) is 13.9. The molecule has 0 aromatic heterocycles. The Kier molecular flexibility index (Phi) is 5.20. The third kappa shape index (κ3) is 3.68. The summed E-state index contributed by atoms with van der Waals surface area (Å²) in [5.74, 6) is -2.06. The van der Waals surface area contributed by atoms with Crippen LogP contribution in [0.1, 0.15) is 52.0 Å². The van der Waals surface area contributed by atoms with Crippen LogP contribution in [0.4, 0.5) is 0 Å². The van der Waals surface area contributed by atoms with Gasteiger partial charge in [-0.25, -0.2) is 0 Å². The number of nitrogens with zero attached hydrogens (tertiary/aromatic N) is 1. The SMILES string of the molecule is O=C1CCC(N2C(=O)c3cccc(CNCC4(O)CCCNC4)c3C2=O)C(=O)N1. The number of fused-ring (bicyclic) bond motifs is 1. The predicted octanol–water partition coefficient (Wildman–Crippen LogP) is -0.708. The maximum Gasteiger partial charge on any atom is 0.262 e. The quantitative estimate of drug-likeness (QED) is 0.481. The Balaban J connectivity index is 1.50. The van der Waals surface area contributed by atoms with Crippen molar-refractivity contribution in [3.63, 3.8) is 0 Å². The molecule has 3 aliphatic rings. The molecule has 4 N–H and O–H groups in total. The molecular weight excluding hydrogens is 376 g/mol. The summed E-state index contributed by atoms with van der Waals surface area (Å²) in [6.07, 6.45) is 1.81. The summed E-state index contributed by atoms with van der Waals surface area (Å²) in [5, 5.41) is 19.1. The monoisotopic (exact) mass is 400 g/mol. The van der Waals surface area contributed by atoms with Crippen molar-refractivity contribution in [2.45, 2.75) is 43.9 Å². The van der Waals surface area contributed by atoms with Gasteiger partial charge < -0.3 is 15.7 Å². The molecule has 0 saturated carbocycles. The Bertz CT molecular complexity index is 878. The lowest BCUT2D eigenvalue weighted by atomic mass is 9.94. The van der Waals surface area contributed by atoms with Gasteiger partial charge in [-0.1, -0.05) is 12.1 Å². The molecule has 2 saturated heterocycles. The van der Waals surface area contributed by atoms with Crippen LogP contribution >= 0.6 is 0 Å². The molecule has 0 radical (unpaired) electrons. The highest BCUT2D eigenvalue weighted by Gasteiger charge is 2.45. The molecule has 2 fully saturated rings. The molecular formula is C20H24N4O5. The van der Waals surface area contributed by atoms with Gasteiger partial charge in [0.25, 0.3) is 11.8 Å². The summed E-state index contributed by atoms with van der Waals surface area (Å²) in [6, 6.07) is 4.05. The lowest BCUT2D eigenvalue weighted by Gasteiger charge is -2.33. The minimum atomic E-state index is -0.977. The van der Waals surface area contributed by atoms with Crippen LogP contribution in [0.15, 0.2) is 18.2 Å². The van der Waals surface area contributed by atoms with E-state index in [0.29, 0.717) is 31.6 Å². The van der Waals surface area contributed by atoms with Crippen molar-refractivity contribution in [1.29, 1.82) is 0 Å². The van der Waals surface area contributed by atoms with Crippen LogP contribution in [0, 0.1) is 0 Å². The number of amides is 4. The van der Waals surface area contributed by atoms with E-state index < -0.39 is 35.3 Å². The number of carbonyl (C=O) groups is 4. The lowest BCUT2D eigenvalue weighted by Crippen LogP contribution is -2.54. The zero-order valence-corrected chi connectivity index (χ0v) is 16.0. The van der Waals surface area contributed by atoms with Crippen molar-refractivity contribution in [1.82, 2.24) is 20.9 Å². The van der Waals surface area contributed by atoms with Crippen molar-refractivity contribution >= 4 is 23.6 Å². The fraction of sp³-hybridized carbons (Fsp3) is 0.500. The van der Waals surface area contributed by atoms with Gasteiger partial charge in [0.2, 0.25) is 11.8 Å². The zero-order chi connectivity index (χ0) is 20.6. The standard InChI is InChI=1S/C20H24N4O5/c25-15-6-5-14(17(26)23-15)24-18(27)13-4-1-3-12(16(13)19(24)28)9-22-11-20(29)7-2-8-21-10-20/h1,3-4,14,21-22,29H,2,5-11H2,(H,23,25,26). The smallest absolute Gasteiger partial charge is 0.262 e. The lowest BCUT2D eigenvalue weighted by molar-refractivity contribution is -0.136. The van der Waals surface area contributed by atoms with Crippen molar-refractivity contribution in [2.75, 3.05) is 19.6 Å². The fourth-order valence-electron chi connectivity index (χ4n) is 4.26. The van der Waals surface area contributed by atoms with Crippen LogP contribution in [0.3, 0.4) is 0 Å². The van der Waals surface area contributed by atoms with E-state index >= 15 is 0 Å². The summed E-state index contributed by atoms with van der Waals surface area (Å²) >= 11 is 0. The van der Waals surface area contributed by atoms with E-state index in [1.807, 2.05) is 0 Å². The first-order valence-corrected chi connectivity index (χ1v) is 9.87. The summed E-state index contributed by atoms with van der Waals surface area (Å²) in [4.78, 5) is 50.4. The van der Waals surface area contributed by atoms with Gasteiger partial charge in [-0.15, -0.1) is 0 Å². The maximum absolute atomic E-state index is 13.0. The van der Waals surface area contributed by atoms with Crippen molar-refractivity contribution in [3.8, 4) is 0 Å². The Morgan fingerprint density at radius 2 is 2.03 bits per heavy atom. The molecule has 0 aliphatic carbocycles. The largest absolute Gasteiger partial charge is 0.387 e. The fourth-order valence-corrected chi connectivity index (χ4v) is 4.26. The number of nitrogens with one attached hydrogen (secondary N) is 3. The van der Waals surface area contributed by atoms with E-state index in [4.69, 9.17) is 0 Å². The average molecular weight is 400 g/mol. The van der Waals surface area contributed by atoms with Gasteiger partial charge in [-0.2, -0.15) is 0 Å². The molecule has 2 unspecified atom stereocenters. The number of β-amino-alcohol motifs (C(OH)–C–C–N with tert-alkyl or cyclic N) is 1. The summed E-state index contributed by atoms with van der Waals surface area (Å²) in [5.41, 5.74) is 0.345. The topological polar surface area (TPSA) is 128 Å². The number of piperidine rings is 2. The number of aliphatic hydroxyl groups is 1. The Labute approximate surface area is 167 Å². The van der Waals surface area contributed by atoms with E-state index in [9.17, 15) is 24.3 Å². The molecule has 29 heavy (non-hydrogen) atoms. The average Bonchev–Trinajstić information content (AvgIpc) is 2.94. The van der Waals surface area contributed by atoms with Crippen LogP contribution < -0.4 is 16.0 Å². The summed E-state index contributed by atoms with van der Waals surface area (Å²) < 4.78 is 0. The molecule has 154 valence electrons. The van der Waals surface area contributed by atoms with E-state index in [1.165, 1.54) is 0 Å². The first-order valence-electron chi connectivity index (χ1n) is 9.87. The Morgan fingerprint density at radius 3 is 2.76 bits per heavy atom. The van der Waals surface area contributed by atoms with Crippen LogP contribution in [-0.2, 0) is 16.1 Å². The summed E-state index contributed by atoms with van der Waals surface area (Å²) in [6.45, 7) is 2.07. The normalized spacial score (nSPS) is 27.2. The van der Waals surface area contributed by atoms with Gasteiger partial charge in [0, 0.05) is 26.1 Å². The van der Waals surface area contributed by atoms with E-state index in [-0.39, 0.29) is 24.0 Å². The number of imide groups is 2. The van der Waals surface area contributed by atoms with Gasteiger partial charge in [0.15, 0.2) is 0 Å². The van der Waals surface area contributed by atoms with Gasteiger partial charge >= 0.3 is 0 Å². The number of hydrogen-bond donors (Lipinski definition) is 4. The predicted molar refractivity (Wildman–Crippen MR) is 102 cm³/mol. The highest BCUT2D eigenvalue weighted by atomic mass is 16.3. The van der Waals surface area contributed by atoms with Crippen molar-refractivity contribution in [2.24, 2.45) is 0 Å². The number of rotatable bonds is 5. The number of hydrogen-bond acceptors (Lipinski definition) is 7. The molecule has 1 aromatic rings. The second kappa shape index (κ2) is 7.66. The zero-order valence-electron chi connectivity index (χ0n) is 16.0. The van der Waals surface area contributed by atoms with Crippen LogP contribution in [-0.4, -0.2) is 64.9 Å². The molecule has 4 amide bonds. The molecule has 0 bridgehead atoms.